The second kappa shape index (κ2) is 9.57. The molecule has 0 radical (unpaired) electrons. The molecule has 152 valence electrons. The van der Waals surface area contributed by atoms with E-state index in [9.17, 15) is 4.79 Å². The molecule has 1 saturated heterocycles. The Bertz CT molecular complexity index is 796. The minimum absolute atomic E-state index is 0.0495. The maximum atomic E-state index is 12.2. The molecule has 5 nitrogen and oxygen atoms in total. The van der Waals surface area contributed by atoms with E-state index in [1.54, 1.807) is 6.07 Å². The molecular formula is C22H31ClN4O. The van der Waals surface area contributed by atoms with Crippen LogP contribution in [-0.2, 0) is 11.3 Å². The highest BCUT2D eigenvalue weighted by Gasteiger charge is 2.24. The first-order valence-electron chi connectivity index (χ1n) is 10.2. The molecule has 1 atom stereocenters. The lowest BCUT2D eigenvalue weighted by atomic mass is 9.91. The lowest BCUT2D eigenvalue weighted by molar-refractivity contribution is -0.116. The van der Waals surface area contributed by atoms with Crippen LogP contribution in [0.2, 0.25) is 5.02 Å². The highest BCUT2D eigenvalue weighted by molar-refractivity contribution is 6.33. The molecule has 1 aromatic heterocycles. The summed E-state index contributed by atoms with van der Waals surface area (Å²) in [5.74, 6) is 0.669. The van der Waals surface area contributed by atoms with Crippen molar-refractivity contribution in [3.8, 4) is 0 Å². The summed E-state index contributed by atoms with van der Waals surface area (Å²) >= 11 is 6.11. The number of hydrogen-bond acceptors (Lipinski definition) is 3. The number of nitrogens with one attached hydrogen (secondary N) is 1. The largest absolute Gasteiger partial charge is 0.325 e. The van der Waals surface area contributed by atoms with Crippen LogP contribution in [-0.4, -0.2) is 39.7 Å². The number of carbonyl (C=O) groups is 1. The van der Waals surface area contributed by atoms with Gasteiger partial charge in [-0.1, -0.05) is 23.7 Å². The maximum absolute atomic E-state index is 12.2. The van der Waals surface area contributed by atoms with Crippen molar-refractivity contribution in [2.45, 2.75) is 59.0 Å². The van der Waals surface area contributed by atoms with Gasteiger partial charge >= 0.3 is 0 Å². The molecule has 28 heavy (non-hydrogen) atoms. The predicted molar refractivity (Wildman–Crippen MR) is 115 cm³/mol. The average Bonchev–Trinajstić information content (AvgIpc) is 2.99. The van der Waals surface area contributed by atoms with Gasteiger partial charge in [0, 0.05) is 18.2 Å². The van der Waals surface area contributed by atoms with E-state index in [-0.39, 0.29) is 5.91 Å². The summed E-state index contributed by atoms with van der Waals surface area (Å²) in [6.45, 7) is 9.57. The number of halogens is 1. The van der Waals surface area contributed by atoms with Crippen molar-refractivity contribution in [1.82, 2.24) is 14.7 Å². The van der Waals surface area contributed by atoms with Gasteiger partial charge in [0.25, 0.3) is 0 Å². The van der Waals surface area contributed by atoms with Crippen LogP contribution in [0.25, 0.3) is 0 Å². The second-order valence-corrected chi connectivity index (χ2v) is 8.41. The number of para-hydroxylation sites is 1. The van der Waals surface area contributed by atoms with E-state index >= 15 is 0 Å². The molecule has 6 heteroatoms. The van der Waals surface area contributed by atoms with Crippen molar-refractivity contribution >= 4 is 23.2 Å². The van der Waals surface area contributed by atoms with Gasteiger partial charge in [-0.25, -0.2) is 0 Å². The Labute approximate surface area is 173 Å². The molecular weight excluding hydrogens is 372 g/mol. The Hall–Kier alpha value is -1.85. The Morgan fingerprint density at radius 2 is 2.00 bits per heavy atom. The number of anilines is 1. The predicted octanol–water partition coefficient (Wildman–Crippen LogP) is 4.67. The number of piperidine rings is 1. The Morgan fingerprint density at radius 1 is 1.29 bits per heavy atom. The first-order valence-corrected chi connectivity index (χ1v) is 10.6. The molecule has 3 rings (SSSR count). The molecule has 2 aromatic rings. The van der Waals surface area contributed by atoms with Gasteiger partial charge in [0.05, 0.1) is 22.9 Å². The first-order chi connectivity index (χ1) is 13.4. The Morgan fingerprint density at radius 3 is 2.64 bits per heavy atom. The number of rotatable bonds is 7. The quantitative estimate of drug-likeness (QED) is 0.731. The molecule has 0 saturated carbocycles. The van der Waals surface area contributed by atoms with Gasteiger partial charge < -0.3 is 5.32 Å². The van der Waals surface area contributed by atoms with Crippen molar-refractivity contribution in [2.75, 3.05) is 18.4 Å². The topological polar surface area (TPSA) is 50.2 Å². The van der Waals surface area contributed by atoms with Crippen molar-refractivity contribution in [3.05, 3.63) is 46.7 Å². The SMILES string of the molecule is Cc1cc(C)n(C[C@H](C)N2CCC(CCC(=O)Nc3ccccc3Cl)CC2)n1. The highest BCUT2D eigenvalue weighted by atomic mass is 35.5. The second-order valence-electron chi connectivity index (χ2n) is 8.00. The normalized spacial score (nSPS) is 16.9. The van der Waals surface area contributed by atoms with Crippen molar-refractivity contribution in [3.63, 3.8) is 0 Å². The lowest BCUT2D eigenvalue weighted by Crippen LogP contribution is -2.42. The molecule has 1 aromatic carbocycles. The molecule has 1 aliphatic heterocycles. The first kappa shape index (κ1) is 20.9. The van der Waals surface area contributed by atoms with E-state index < -0.39 is 0 Å². The summed E-state index contributed by atoms with van der Waals surface area (Å²) in [6, 6.07) is 9.98. The van der Waals surface area contributed by atoms with Crippen LogP contribution in [0.15, 0.2) is 30.3 Å². The number of likely N-dealkylation sites (tertiary alicyclic amines) is 1. The fourth-order valence-corrected chi connectivity index (χ4v) is 4.20. The number of carbonyl (C=O) groups excluding carboxylic acids is 1. The minimum Gasteiger partial charge on any atom is -0.325 e. The van der Waals surface area contributed by atoms with E-state index in [0.29, 0.717) is 29.1 Å². The van der Waals surface area contributed by atoms with E-state index in [1.807, 2.05) is 25.1 Å². The van der Waals surface area contributed by atoms with Gasteiger partial charge in [0.2, 0.25) is 5.91 Å². The molecule has 0 bridgehead atoms. The number of aryl methyl sites for hydroxylation is 2. The van der Waals surface area contributed by atoms with Crippen molar-refractivity contribution in [1.29, 1.82) is 0 Å². The average molecular weight is 403 g/mol. The summed E-state index contributed by atoms with van der Waals surface area (Å²) in [6.07, 6.45) is 3.80. The van der Waals surface area contributed by atoms with Gasteiger partial charge in [-0.05, 0) is 77.2 Å². The number of hydrogen-bond donors (Lipinski definition) is 1. The van der Waals surface area contributed by atoms with Gasteiger partial charge in [0.15, 0.2) is 0 Å². The van der Waals surface area contributed by atoms with E-state index in [0.717, 1.165) is 44.6 Å². The molecule has 1 N–H and O–H groups in total. The van der Waals surface area contributed by atoms with Crippen molar-refractivity contribution < 1.29 is 4.79 Å². The van der Waals surface area contributed by atoms with Gasteiger partial charge in [-0.2, -0.15) is 5.10 Å². The summed E-state index contributed by atoms with van der Waals surface area (Å²) in [5, 5.41) is 8.09. The van der Waals surface area contributed by atoms with Gasteiger partial charge in [-0.15, -0.1) is 0 Å². The molecule has 1 fully saturated rings. The maximum Gasteiger partial charge on any atom is 0.224 e. The smallest absolute Gasteiger partial charge is 0.224 e. The van der Waals surface area contributed by atoms with E-state index in [4.69, 9.17) is 11.6 Å². The summed E-state index contributed by atoms with van der Waals surface area (Å²) in [5.41, 5.74) is 3.00. The molecule has 2 heterocycles. The standard InChI is InChI=1S/C22H31ClN4O/c1-16-14-17(2)27(25-16)15-18(3)26-12-10-19(11-13-26)8-9-22(28)24-21-7-5-4-6-20(21)23/h4-7,14,18-19H,8-13,15H2,1-3H3,(H,24,28)/t18-/m0/s1. The molecule has 1 amide bonds. The van der Waals surface area contributed by atoms with Crippen LogP contribution < -0.4 is 5.32 Å². The van der Waals surface area contributed by atoms with Gasteiger partial charge in [0.1, 0.15) is 0 Å². The summed E-state index contributed by atoms with van der Waals surface area (Å²) < 4.78 is 2.12. The fraction of sp³-hybridized carbons (Fsp3) is 0.545. The fourth-order valence-electron chi connectivity index (χ4n) is 4.02. The third kappa shape index (κ3) is 5.58. The zero-order valence-corrected chi connectivity index (χ0v) is 17.9. The number of nitrogens with zero attached hydrogens (tertiary/aromatic N) is 3. The molecule has 0 spiro atoms. The number of benzene rings is 1. The minimum atomic E-state index is 0.0495. The lowest BCUT2D eigenvalue weighted by Gasteiger charge is -2.36. The molecule has 0 aliphatic carbocycles. The zero-order valence-electron chi connectivity index (χ0n) is 17.1. The highest BCUT2D eigenvalue weighted by Crippen LogP contribution is 2.25. The number of aromatic nitrogens is 2. The number of amides is 1. The van der Waals surface area contributed by atoms with Crippen LogP contribution in [0.1, 0.15) is 44.0 Å². The van der Waals surface area contributed by atoms with Crippen LogP contribution in [0.4, 0.5) is 5.69 Å². The summed E-state index contributed by atoms with van der Waals surface area (Å²) in [4.78, 5) is 14.8. The third-order valence-corrected chi connectivity index (χ3v) is 6.07. The monoisotopic (exact) mass is 402 g/mol. The van der Waals surface area contributed by atoms with Crippen LogP contribution in [0, 0.1) is 19.8 Å². The Kier molecular flexibility index (Phi) is 7.13. The molecule has 1 aliphatic rings. The molecule has 0 unspecified atom stereocenters. The van der Waals surface area contributed by atoms with Crippen LogP contribution >= 0.6 is 11.6 Å². The van der Waals surface area contributed by atoms with E-state index in [1.165, 1.54) is 5.69 Å². The zero-order chi connectivity index (χ0) is 20.1. The Balaban J connectivity index is 1.39. The van der Waals surface area contributed by atoms with Gasteiger partial charge in [-0.3, -0.25) is 14.4 Å². The van der Waals surface area contributed by atoms with Crippen LogP contribution in [0.5, 0.6) is 0 Å². The van der Waals surface area contributed by atoms with Crippen molar-refractivity contribution in [2.24, 2.45) is 5.92 Å². The van der Waals surface area contributed by atoms with Crippen LogP contribution in [0.3, 0.4) is 0 Å². The third-order valence-electron chi connectivity index (χ3n) is 5.74. The van der Waals surface area contributed by atoms with E-state index in [2.05, 4.69) is 39.9 Å². The summed E-state index contributed by atoms with van der Waals surface area (Å²) in [7, 11) is 0.